The van der Waals surface area contributed by atoms with Crippen LogP contribution in [0.4, 0.5) is 0 Å². The molecule has 0 saturated carbocycles. The molecular formula is C9H11ClO6S2. The van der Waals surface area contributed by atoms with E-state index >= 15 is 0 Å². The highest BCUT2D eigenvalue weighted by molar-refractivity contribution is 7.87. The molecule has 0 fully saturated rings. The van der Waals surface area contributed by atoms with Gasteiger partial charge in [-0.05, 0) is 24.6 Å². The molecule has 0 aliphatic carbocycles. The van der Waals surface area contributed by atoms with Crippen LogP contribution in [0, 0.1) is 6.92 Å². The summed E-state index contributed by atoms with van der Waals surface area (Å²) in [5.74, 6) is -0.0176. The second-order valence-electron chi connectivity index (χ2n) is 3.37. The lowest BCUT2D eigenvalue weighted by Gasteiger charge is -2.07. The molecule has 0 aliphatic heterocycles. The summed E-state index contributed by atoms with van der Waals surface area (Å²) >= 11 is 5.30. The summed E-state index contributed by atoms with van der Waals surface area (Å²) < 4.78 is 58.8. The Morgan fingerprint density at radius 3 is 2.39 bits per heavy atom. The zero-order valence-electron chi connectivity index (χ0n) is 9.33. The van der Waals surface area contributed by atoms with Gasteiger partial charge in [-0.1, -0.05) is 6.07 Å². The molecule has 0 atom stereocenters. The van der Waals surface area contributed by atoms with Gasteiger partial charge in [-0.25, -0.2) is 0 Å². The Bertz CT molecular complexity index is 635. The maximum absolute atomic E-state index is 11.6. The molecule has 1 aromatic carbocycles. The van der Waals surface area contributed by atoms with Gasteiger partial charge in [0.15, 0.2) is 0 Å². The maximum Gasteiger partial charge on any atom is 0.297 e. The lowest BCUT2D eigenvalue weighted by Crippen LogP contribution is -2.10. The van der Waals surface area contributed by atoms with E-state index < -0.39 is 25.1 Å². The van der Waals surface area contributed by atoms with Crippen LogP contribution >= 0.6 is 11.6 Å². The lowest BCUT2D eigenvalue weighted by atomic mass is 10.2. The Kier molecular flexibility index (Phi) is 4.73. The Morgan fingerprint density at radius 2 is 1.89 bits per heavy atom. The SMILES string of the molecule is Cc1ccc(S(=O)(=O)OCCCl)cc1S(=O)(=O)O. The number of hydrogen-bond donors (Lipinski definition) is 1. The standard InChI is InChI=1S/C9H11ClO6S2/c1-7-2-3-8(6-9(7)17(11,12)13)18(14,15)16-5-4-10/h2-3,6H,4-5H2,1H3,(H,11,12,13). The van der Waals surface area contributed by atoms with E-state index in [1.165, 1.54) is 19.1 Å². The number of benzene rings is 1. The van der Waals surface area contributed by atoms with E-state index in [-0.39, 0.29) is 22.9 Å². The van der Waals surface area contributed by atoms with Crippen LogP contribution in [0.5, 0.6) is 0 Å². The van der Waals surface area contributed by atoms with Gasteiger partial charge in [0, 0.05) is 5.88 Å². The average Bonchev–Trinajstić information content (AvgIpc) is 2.25. The van der Waals surface area contributed by atoms with Crippen molar-refractivity contribution < 1.29 is 25.6 Å². The van der Waals surface area contributed by atoms with Gasteiger partial charge in [-0.3, -0.25) is 8.74 Å². The van der Waals surface area contributed by atoms with Gasteiger partial charge < -0.3 is 0 Å². The van der Waals surface area contributed by atoms with Crippen LogP contribution in [0.25, 0.3) is 0 Å². The summed E-state index contributed by atoms with van der Waals surface area (Å²) in [5, 5.41) is 0. The maximum atomic E-state index is 11.6. The van der Waals surface area contributed by atoms with E-state index in [4.69, 9.17) is 16.2 Å². The van der Waals surface area contributed by atoms with Crippen LogP contribution in [0.1, 0.15) is 5.56 Å². The van der Waals surface area contributed by atoms with Crippen molar-refractivity contribution >= 4 is 31.8 Å². The second-order valence-corrected chi connectivity index (χ2v) is 6.75. The molecule has 0 amide bonds. The van der Waals surface area contributed by atoms with E-state index in [1.807, 2.05) is 0 Å². The topological polar surface area (TPSA) is 97.7 Å². The van der Waals surface area contributed by atoms with Crippen molar-refractivity contribution in [2.75, 3.05) is 12.5 Å². The van der Waals surface area contributed by atoms with Gasteiger partial charge in [-0.15, -0.1) is 11.6 Å². The summed E-state index contributed by atoms with van der Waals surface area (Å²) in [7, 11) is -8.56. The number of rotatable bonds is 5. The molecule has 102 valence electrons. The van der Waals surface area contributed by atoms with Crippen molar-refractivity contribution in [2.24, 2.45) is 0 Å². The Labute approximate surface area is 110 Å². The molecule has 1 aromatic rings. The predicted molar refractivity (Wildman–Crippen MR) is 64.9 cm³/mol. The smallest absolute Gasteiger partial charge is 0.282 e. The molecule has 1 rings (SSSR count). The highest BCUT2D eigenvalue weighted by Gasteiger charge is 2.20. The van der Waals surface area contributed by atoms with Crippen LogP contribution in [-0.2, 0) is 24.4 Å². The molecular weight excluding hydrogens is 304 g/mol. The molecule has 0 spiro atoms. The average molecular weight is 315 g/mol. The van der Waals surface area contributed by atoms with E-state index in [0.717, 1.165) is 6.07 Å². The van der Waals surface area contributed by atoms with Crippen molar-refractivity contribution in [1.82, 2.24) is 0 Å². The molecule has 0 unspecified atom stereocenters. The van der Waals surface area contributed by atoms with Crippen LogP contribution in [0.2, 0.25) is 0 Å². The van der Waals surface area contributed by atoms with E-state index in [2.05, 4.69) is 4.18 Å². The Balaban J connectivity index is 3.30. The molecule has 0 saturated heterocycles. The minimum atomic E-state index is -4.48. The first kappa shape index (κ1) is 15.4. The van der Waals surface area contributed by atoms with E-state index in [1.54, 1.807) is 0 Å². The van der Waals surface area contributed by atoms with Crippen LogP contribution in [-0.4, -0.2) is 33.9 Å². The Hall–Kier alpha value is -0.670. The summed E-state index contributed by atoms with van der Waals surface area (Å²) in [5.41, 5.74) is 0.230. The second kappa shape index (κ2) is 5.54. The zero-order valence-corrected chi connectivity index (χ0v) is 11.7. The van der Waals surface area contributed by atoms with Crippen LogP contribution < -0.4 is 0 Å². The quantitative estimate of drug-likeness (QED) is 0.498. The lowest BCUT2D eigenvalue weighted by molar-refractivity contribution is 0.340. The van der Waals surface area contributed by atoms with Gasteiger partial charge in [0.2, 0.25) is 0 Å². The minimum Gasteiger partial charge on any atom is -0.282 e. The van der Waals surface area contributed by atoms with Gasteiger partial charge in [-0.2, -0.15) is 16.8 Å². The van der Waals surface area contributed by atoms with Crippen molar-refractivity contribution in [3.05, 3.63) is 23.8 Å². The molecule has 18 heavy (non-hydrogen) atoms. The fourth-order valence-corrected chi connectivity index (χ4v) is 3.15. The molecule has 0 radical (unpaired) electrons. The van der Waals surface area contributed by atoms with Crippen molar-refractivity contribution in [3.63, 3.8) is 0 Å². The molecule has 1 N–H and O–H groups in total. The summed E-state index contributed by atoms with van der Waals surface area (Å²) in [6.45, 7) is 1.21. The molecule has 6 nitrogen and oxygen atoms in total. The highest BCUT2D eigenvalue weighted by Crippen LogP contribution is 2.21. The number of aryl methyl sites for hydroxylation is 1. The summed E-state index contributed by atoms with van der Waals surface area (Å²) in [6, 6.07) is 3.29. The highest BCUT2D eigenvalue weighted by atomic mass is 35.5. The normalized spacial score (nSPS) is 12.6. The molecule has 0 bridgehead atoms. The third kappa shape index (κ3) is 3.66. The Morgan fingerprint density at radius 1 is 1.28 bits per heavy atom. The number of hydrogen-bond acceptors (Lipinski definition) is 5. The monoisotopic (exact) mass is 314 g/mol. The van der Waals surface area contributed by atoms with Crippen LogP contribution in [0.3, 0.4) is 0 Å². The third-order valence-electron chi connectivity index (χ3n) is 2.04. The first-order valence-corrected chi connectivity index (χ1v) is 8.10. The van der Waals surface area contributed by atoms with Gasteiger partial charge in [0.25, 0.3) is 20.2 Å². The van der Waals surface area contributed by atoms with Crippen molar-refractivity contribution in [3.8, 4) is 0 Å². The molecule has 9 heteroatoms. The minimum absolute atomic E-state index is 0.0176. The fourth-order valence-electron chi connectivity index (χ4n) is 1.22. The number of alkyl halides is 1. The molecule has 0 aliphatic rings. The largest absolute Gasteiger partial charge is 0.297 e. The zero-order chi connectivity index (χ0) is 14.0. The van der Waals surface area contributed by atoms with Gasteiger partial charge >= 0.3 is 0 Å². The fraction of sp³-hybridized carbons (Fsp3) is 0.333. The van der Waals surface area contributed by atoms with Gasteiger partial charge in [0.05, 0.1) is 16.4 Å². The van der Waals surface area contributed by atoms with Crippen molar-refractivity contribution in [2.45, 2.75) is 16.7 Å². The van der Waals surface area contributed by atoms with Gasteiger partial charge in [0.1, 0.15) is 0 Å². The summed E-state index contributed by atoms with van der Waals surface area (Å²) in [4.78, 5) is -0.830. The predicted octanol–water partition coefficient (Wildman–Crippen LogP) is 1.19. The molecule has 0 heterocycles. The molecule has 0 aromatic heterocycles. The van der Waals surface area contributed by atoms with Crippen LogP contribution in [0.15, 0.2) is 28.0 Å². The summed E-state index contributed by atoms with van der Waals surface area (Å²) in [6.07, 6.45) is 0. The first-order chi connectivity index (χ1) is 8.18. The van der Waals surface area contributed by atoms with E-state index in [9.17, 15) is 16.8 Å². The number of halogens is 1. The first-order valence-electron chi connectivity index (χ1n) is 4.72. The van der Waals surface area contributed by atoms with Crippen molar-refractivity contribution in [1.29, 1.82) is 0 Å². The van der Waals surface area contributed by atoms with E-state index in [0.29, 0.717) is 0 Å². The third-order valence-corrected chi connectivity index (χ3v) is 4.50.